The summed E-state index contributed by atoms with van der Waals surface area (Å²) < 4.78 is 0. The standard InChI is InChI=1S/C24H32N2O/c27-24(12-10-19-9-11-21-7-3-4-8-22(21)17-19)25-23-13-15-26(16-14-23)18-20-5-1-2-6-20/h3-4,7-9,11,17,20,23H,1-2,5-6,10,12-16,18H2,(H,25,27). The molecule has 0 unspecified atom stereocenters. The Bertz CT molecular complexity index is 758. The number of nitrogens with zero attached hydrogens (tertiary/aromatic N) is 1. The summed E-state index contributed by atoms with van der Waals surface area (Å²) >= 11 is 0. The van der Waals surface area contributed by atoms with Crippen LogP contribution in [0.1, 0.15) is 50.5 Å². The van der Waals surface area contributed by atoms with E-state index in [-0.39, 0.29) is 5.91 Å². The van der Waals surface area contributed by atoms with Crippen LogP contribution in [0.25, 0.3) is 10.8 Å². The molecule has 1 aliphatic heterocycles. The summed E-state index contributed by atoms with van der Waals surface area (Å²) in [6.45, 7) is 3.57. The number of fused-ring (bicyclic) bond motifs is 1. The predicted molar refractivity (Wildman–Crippen MR) is 112 cm³/mol. The van der Waals surface area contributed by atoms with Gasteiger partial charge in [-0.3, -0.25) is 4.79 Å². The molecular weight excluding hydrogens is 332 g/mol. The van der Waals surface area contributed by atoms with Gasteiger partial charge in [0.2, 0.25) is 5.91 Å². The molecule has 4 rings (SSSR count). The number of aryl methyl sites for hydroxylation is 1. The number of likely N-dealkylation sites (tertiary alicyclic amines) is 1. The van der Waals surface area contributed by atoms with Crippen molar-refractivity contribution in [3.8, 4) is 0 Å². The lowest BCUT2D eigenvalue weighted by Crippen LogP contribution is -2.45. The first kappa shape index (κ1) is 18.5. The second-order valence-electron chi connectivity index (χ2n) is 8.47. The third-order valence-electron chi connectivity index (χ3n) is 6.40. The Morgan fingerprint density at radius 1 is 0.963 bits per heavy atom. The van der Waals surface area contributed by atoms with Gasteiger partial charge in [-0.1, -0.05) is 55.3 Å². The van der Waals surface area contributed by atoms with Crippen molar-refractivity contribution in [2.75, 3.05) is 19.6 Å². The van der Waals surface area contributed by atoms with Crippen molar-refractivity contribution in [2.45, 2.75) is 57.4 Å². The van der Waals surface area contributed by atoms with E-state index in [1.807, 2.05) is 0 Å². The van der Waals surface area contributed by atoms with Crippen LogP contribution in [0.2, 0.25) is 0 Å². The summed E-state index contributed by atoms with van der Waals surface area (Å²) in [5, 5.41) is 5.79. The van der Waals surface area contributed by atoms with Crippen molar-refractivity contribution in [3.63, 3.8) is 0 Å². The fraction of sp³-hybridized carbons (Fsp3) is 0.542. The van der Waals surface area contributed by atoms with Crippen LogP contribution in [0.3, 0.4) is 0 Å². The minimum absolute atomic E-state index is 0.206. The monoisotopic (exact) mass is 364 g/mol. The first-order valence-corrected chi connectivity index (χ1v) is 10.8. The summed E-state index contributed by atoms with van der Waals surface area (Å²) in [4.78, 5) is 15.0. The van der Waals surface area contributed by atoms with Crippen LogP contribution in [0, 0.1) is 5.92 Å². The Labute approximate surface area is 163 Å². The lowest BCUT2D eigenvalue weighted by atomic mass is 10.0. The number of amides is 1. The summed E-state index contributed by atoms with van der Waals surface area (Å²) in [5.74, 6) is 1.13. The molecule has 0 radical (unpaired) electrons. The van der Waals surface area contributed by atoms with Crippen LogP contribution in [-0.4, -0.2) is 36.5 Å². The highest BCUT2D eigenvalue weighted by atomic mass is 16.1. The van der Waals surface area contributed by atoms with E-state index in [1.54, 1.807) is 0 Å². The van der Waals surface area contributed by atoms with Gasteiger partial charge in [0, 0.05) is 32.1 Å². The lowest BCUT2D eigenvalue weighted by Gasteiger charge is -2.33. The fourth-order valence-corrected chi connectivity index (χ4v) is 4.77. The summed E-state index contributed by atoms with van der Waals surface area (Å²) in [7, 11) is 0. The van der Waals surface area contributed by atoms with Crippen LogP contribution in [0.15, 0.2) is 42.5 Å². The summed E-state index contributed by atoms with van der Waals surface area (Å²) in [6.07, 6.45) is 9.31. The maximum absolute atomic E-state index is 12.4. The molecule has 0 aromatic heterocycles. The van der Waals surface area contributed by atoms with Crippen molar-refractivity contribution in [1.82, 2.24) is 10.2 Å². The molecule has 0 bridgehead atoms. The topological polar surface area (TPSA) is 32.3 Å². The maximum atomic E-state index is 12.4. The fourth-order valence-electron chi connectivity index (χ4n) is 4.77. The lowest BCUT2D eigenvalue weighted by molar-refractivity contribution is -0.122. The smallest absolute Gasteiger partial charge is 0.220 e. The molecule has 2 fully saturated rings. The quantitative estimate of drug-likeness (QED) is 0.816. The Kier molecular flexibility index (Phi) is 6.08. The van der Waals surface area contributed by atoms with Gasteiger partial charge in [-0.2, -0.15) is 0 Å². The summed E-state index contributed by atoms with van der Waals surface area (Å²) in [5.41, 5.74) is 1.25. The number of hydrogen-bond acceptors (Lipinski definition) is 2. The first-order valence-electron chi connectivity index (χ1n) is 10.8. The number of benzene rings is 2. The Morgan fingerprint density at radius 2 is 1.70 bits per heavy atom. The highest BCUT2D eigenvalue weighted by Gasteiger charge is 2.24. The molecule has 1 aliphatic carbocycles. The Balaban J connectivity index is 1.19. The predicted octanol–water partition coefficient (Wildman–Crippen LogP) is 4.54. The largest absolute Gasteiger partial charge is 0.353 e. The molecule has 3 heteroatoms. The molecule has 27 heavy (non-hydrogen) atoms. The van der Waals surface area contributed by atoms with Gasteiger partial charge in [0.15, 0.2) is 0 Å². The minimum Gasteiger partial charge on any atom is -0.353 e. The van der Waals surface area contributed by atoms with Gasteiger partial charge in [-0.25, -0.2) is 0 Å². The average Bonchev–Trinajstić information content (AvgIpc) is 3.21. The molecule has 2 aliphatic rings. The molecule has 1 saturated heterocycles. The molecule has 0 atom stereocenters. The maximum Gasteiger partial charge on any atom is 0.220 e. The van der Waals surface area contributed by atoms with Gasteiger partial charge in [0.25, 0.3) is 0 Å². The van der Waals surface area contributed by atoms with E-state index >= 15 is 0 Å². The third kappa shape index (κ3) is 5.10. The molecule has 3 nitrogen and oxygen atoms in total. The van der Waals surface area contributed by atoms with Gasteiger partial charge in [0.1, 0.15) is 0 Å². The van der Waals surface area contributed by atoms with Crippen LogP contribution >= 0.6 is 0 Å². The number of carbonyl (C=O) groups is 1. The van der Waals surface area contributed by atoms with Gasteiger partial charge >= 0.3 is 0 Å². The molecular formula is C24H32N2O. The number of hydrogen-bond donors (Lipinski definition) is 1. The Morgan fingerprint density at radius 3 is 2.48 bits per heavy atom. The van der Waals surface area contributed by atoms with E-state index in [1.165, 1.54) is 48.6 Å². The van der Waals surface area contributed by atoms with E-state index in [9.17, 15) is 4.79 Å². The van der Waals surface area contributed by atoms with Crippen LogP contribution in [-0.2, 0) is 11.2 Å². The van der Waals surface area contributed by atoms with Crippen LogP contribution in [0.5, 0.6) is 0 Å². The van der Waals surface area contributed by atoms with E-state index in [4.69, 9.17) is 0 Å². The third-order valence-corrected chi connectivity index (χ3v) is 6.40. The number of carbonyl (C=O) groups excluding carboxylic acids is 1. The number of nitrogens with one attached hydrogen (secondary N) is 1. The van der Waals surface area contributed by atoms with Gasteiger partial charge in [-0.15, -0.1) is 0 Å². The molecule has 2 aromatic rings. The zero-order valence-electron chi connectivity index (χ0n) is 16.3. The van der Waals surface area contributed by atoms with Crippen LogP contribution in [0.4, 0.5) is 0 Å². The molecule has 1 N–H and O–H groups in total. The van der Waals surface area contributed by atoms with Crippen LogP contribution < -0.4 is 5.32 Å². The van der Waals surface area contributed by atoms with Gasteiger partial charge in [0.05, 0.1) is 0 Å². The molecule has 1 saturated carbocycles. The van der Waals surface area contributed by atoms with E-state index < -0.39 is 0 Å². The van der Waals surface area contributed by atoms with E-state index in [0.29, 0.717) is 12.5 Å². The second-order valence-corrected chi connectivity index (χ2v) is 8.47. The highest BCUT2D eigenvalue weighted by molar-refractivity contribution is 5.83. The average molecular weight is 365 g/mol. The van der Waals surface area contributed by atoms with Gasteiger partial charge < -0.3 is 10.2 Å². The summed E-state index contributed by atoms with van der Waals surface area (Å²) in [6, 6.07) is 15.3. The first-order chi connectivity index (χ1) is 13.3. The Hall–Kier alpha value is -1.87. The van der Waals surface area contributed by atoms with Crippen molar-refractivity contribution in [2.24, 2.45) is 5.92 Å². The van der Waals surface area contributed by atoms with Crippen molar-refractivity contribution < 1.29 is 4.79 Å². The zero-order chi connectivity index (χ0) is 18.5. The molecule has 0 spiro atoms. The number of piperidine rings is 1. The second kappa shape index (κ2) is 8.88. The molecule has 2 aromatic carbocycles. The van der Waals surface area contributed by atoms with E-state index in [2.05, 4.69) is 52.7 Å². The number of rotatable bonds is 6. The zero-order valence-corrected chi connectivity index (χ0v) is 16.3. The molecule has 144 valence electrons. The minimum atomic E-state index is 0.206. The van der Waals surface area contributed by atoms with Crippen molar-refractivity contribution in [1.29, 1.82) is 0 Å². The normalized spacial score (nSPS) is 19.6. The molecule has 1 heterocycles. The van der Waals surface area contributed by atoms with E-state index in [0.717, 1.165) is 38.3 Å². The molecule has 1 amide bonds. The van der Waals surface area contributed by atoms with Crippen molar-refractivity contribution in [3.05, 3.63) is 48.0 Å². The van der Waals surface area contributed by atoms with Gasteiger partial charge in [-0.05, 0) is 54.4 Å². The SMILES string of the molecule is O=C(CCc1ccc2ccccc2c1)NC1CCN(CC2CCCC2)CC1. The highest BCUT2D eigenvalue weighted by Crippen LogP contribution is 2.26. The van der Waals surface area contributed by atoms with Crippen molar-refractivity contribution >= 4 is 16.7 Å².